The van der Waals surface area contributed by atoms with Crippen LogP contribution >= 0.6 is 11.6 Å². The Morgan fingerprint density at radius 3 is 2.80 bits per heavy atom. The highest BCUT2D eigenvalue weighted by molar-refractivity contribution is 6.33. The van der Waals surface area contributed by atoms with Gasteiger partial charge in [-0.05, 0) is 30.7 Å². The zero-order chi connectivity index (χ0) is 17.2. The Hall–Kier alpha value is -2.60. The van der Waals surface area contributed by atoms with Crippen molar-refractivity contribution in [2.75, 3.05) is 31.1 Å². The van der Waals surface area contributed by atoms with Gasteiger partial charge in [-0.1, -0.05) is 23.7 Å². The quantitative estimate of drug-likeness (QED) is 0.705. The standard InChI is InChI=1S/C18H17ClN4O2/c19-14-6-2-1-5-13(14)17(24)22-9-4-10-23(12-11-22)18-21-16-15(25-18)7-3-8-20-16/h1-3,5-8H,4,9-12H2. The van der Waals surface area contributed by atoms with Crippen LogP contribution in [-0.2, 0) is 0 Å². The summed E-state index contributed by atoms with van der Waals surface area (Å²) in [5.41, 5.74) is 1.82. The molecule has 1 saturated heterocycles. The fraction of sp³-hybridized carbons (Fsp3) is 0.278. The molecule has 0 bridgehead atoms. The van der Waals surface area contributed by atoms with Crippen LogP contribution < -0.4 is 4.90 Å². The zero-order valence-corrected chi connectivity index (χ0v) is 14.3. The third-order valence-electron chi connectivity index (χ3n) is 4.31. The lowest BCUT2D eigenvalue weighted by Crippen LogP contribution is -2.35. The summed E-state index contributed by atoms with van der Waals surface area (Å²) in [6.07, 6.45) is 2.53. The van der Waals surface area contributed by atoms with E-state index in [0.717, 1.165) is 13.0 Å². The molecule has 3 heterocycles. The average Bonchev–Trinajstić information content (AvgIpc) is 2.91. The molecule has 1 fully saturated rings. The van der Waals surface area contributed by atoms with Crippen molar-refractivity contribution in [1.29, 1.82) is 0 Å². The zero-order valence-electron chi connectivity index (χ0n) is 13.6. The molecule has 0 atom stereocenters. The summed E-state index contributed by atoms with van der Waals surface area (Å²) in [6.45, 7) is 2.71. The third kappa shape index (κ3) is 3.17. The van der Waals surface area contributed by atoms with Gasteiger partial charge in [-0.25, -0.2) is 4.98 Å². The maximum absolute atomic E-state index is 12.7. The Kier molecular flexibility index (Phi) is 4.28. The van der Waals surface area contributed by atoms with Gasteiger partial charge in [-0.15, -0.1) is 0 Å². The molecule has 6 nitrogen and oxygen atoms in total. The third-order valence-corrected chi connectivity index (χ3v) is 4.64. The predicted molar refractivity (Wildman–Crippen MR) is 96.0 cm³/mol. The van der Waals surface area contributed by atoms with Crippen LogP contribution in [-0.4, -0.2) is 47.0 Å². The monoisotopic (exact) mass is 356 g/mol. The maximum Gasteiger partial charge on any atom is 0.300 e. The molecule has 0 saturated carbocycles. The van der Waals surface area contributed by atoms with Crippen LogP contribution in [0.15, 0.2) is 47.0 Å². The molecule has 0 spiro atoms. The van der Waals surface area contributed by atoms with Crippen LogP contribution in [0.5, 0.6) is 0 Å². The molecule has 0 radical (unpaired) electrons. The second kappa shape index (κ2) is 6.72. The molecule has 1 aliphatic heterocycles. The lowest BCUT2D eigenvalue weighted by Gasteiger charge is -2.21. The Balaban J connectivity index is 1.50. The van der Waals surface area contributed by atoms with E-state index in [9.17, 15) is 4.79 Å². The Morgan fingerprint density at radius 2 is 1.96 bits per heavy atom. The SMILES string of the molecule is O=C(c1ccccc1Cl)N1CCCN(c2nc3ncccc3o2)CC1. The first-order chi connectivity index (χ1) is 12.2. The average molecular weight is 357 g/mol. The number of anilines is 1. The second-order valence-corrected chi connectivity index (χ2v) is 6.34. The maximum atomic E-state index is 12.7. The van der Waals surface area contributed by atoms with Crippen LogP contribution in [0.1, 0.15) is 16.8 Å². The summed E-state index contributed by atoms with van der Waals surface area (Å²) < 4.78 is 5.79. The number of carbonyl (C=O) groups excluding carboxylic acids is 1. The van der Waals surface area contributed by atoms with E-state index in [2.05, 4.69) is 14.9 Å². The minimum atomic E-state index is -0.0355. The topological polar surface area (TPSA) is 62.5 Å². The van der Waals surface area contributed by atoms with Gasteiger partial charge < -0.3 is 14.2 Å². The first kappa shape index (κ1) is 15.9. The first-order valence-corrected chi connectivity index (χ1v) is 8.60. The molecule has 25 heavy (non-hydrogen) atoms. The van der Waals surface area contributed by atoms with Crippen LogP contribution in [0.3, 0.4) is 0 Å². The van der Waals surface area contributed by atoms with Gasteiger partial charge >= 0.3 is 0 Å². The normalized spacial score (nSPS) is 15.4. The van der Waals surface area contributed by atoms with Crippen molar-refractivity contribution in [3.63, 3.8) is 0 Å². The number of oxazole rings is 1. The largest absolute Gasteiger partial charge is 0.422 e. The number of pyridine rings is 1. The highest BCUT2D eigenvalue weighted by Crippen LogP contribution is 2.22. The first-order valence-electron chi connectivity index (χ1n) is 8.23. The molecule has 1 aliphatic rings. The fourth-order valence-corrected chi connectivity index (χ4v) is 3.23. The van der Waals surface area contributed by atoms with Crippen LogP contribution in [0, 0.1) is 0 Å². The van der Waals surface area contributed by atoms with Crippen LogP contribution in [0.4, 0.5) is 6.01 Å². The summed E-state index contributed by atoms with van der Waals surface area (Å²) >= 11 is 6.16. The van der Waals surface area contributed by atoms with Gasteiger partial charge in [-0.2, -0.15) is 4.98 Å². The van der Waals surface area contributed by atoms with Gasteiger partial charge in [0.25, 0.3) is 11.9 Å². The molecule has 1 aromatic carbocycles. The number of aromatic nitrogens is 2. The van der Waals surface area contributed by atoms with Gasteiger partial charge in [0.05, 0.1) is 10.6 Å². The molecule has 2 aromatic heterocycles. The summed E-state index contributed by atoms with van der Waals surface area (Å²) in [6, 6.07) is 11.4. The molecule has 0 N–H and O–H groups in total. The molecule has 0 aliphatic carbocycles. The number of fused-ring (bicyclic) bond motifs is 1. The molecule has 0 unspecified atom stereocenters. The molecule has 1 amide bonds. The van der Waals surface area contributed by atoms with Crippen molar-refractivity contribution in [2.45, 2.75) is 6.42 Å². The van der Waals surface area contributed by atoms with E-state index in [1.54, 1.807) is 18.3 Å². The van der Waals surface area contributed by atoms with Crippen LogP contribution in [0.25, 0.3) is 11.2 Å². The van der Waals surface area contributed by atoms with Gasteiger partial charge in [0.15, 0.2) is 5.58 Å². The van der Waals surface area contributed by atoms with E-state index in [-0.39, 0.29) is 5.91 Å². The molecule has 4 rings (SSSR count). The smallest absolute Gasteiger partial charge is 0.300 e. The van der Waals surface area contributed by atoms with E-state index in [1.165, 1.54) is 0 Å². The number of rotatable bonds is 2. The van der Waals surface area contributed by atoms with E-state index < -0.39 is 0 Å². The van der Waals surface area contributed by atoms with Crippen molar-refractivity contribution in [3.05, 3.63) is 53.2 Å². The van der Waals surface area contributed by atoms with E-state index in [0.29, 0.717) is 47.5 Å². The van der Waals surface area contributed by atoms with Crippen LogP contribution in [0.2, 0.25) is 5.02 Å². The van der Waals surface area contributed by atoms with E-state index in [1.807, 2.05) is 29.2 Å². The van der Waals surface area contributed by atoms with Gasteiger partial charge in [-0.3, -0.25) is 4.79 Å². The molecular weight excluding hydrogens is 340 g/mol. The van der Waals surface area contributed by atoms with E-state index in [4.69, 9.17) is 16.0 Å². The van der Waals surface area contributed by atoms with Gasteiger partial charge in [0, 0.05) is 32.4 Å². The Bertz CT molecular complexity index is 878. The summed E-state index contributed by atoms with van der Waals surface area (Å²) in [4.78, 5) is 25.3. The lowest BCUT2D eigenvalue weighted by atomic mass is 10.2. The summed E-state index contributed by atoms with van der Waals surface area (Å²) in [5.74, 6) is -0.0355. The number of hydrogen-bond donors (Lipinski definition) is 0. The minimum Gasteiger partial charge on any atom is -0.422 e. The summed E-state index contributed by atoms with van der Waals surface area (Å²) in [7, 11) is 0. The van der Waals surface area contributed by atoms with Crippen molar-refractivity contribution >= 4 is 34.8 Å². The van der Waals surface area contributed by atoms with Gasteiger partial charge in [0.1, 0.15) is 0 Å². The predicted octanol–water partition coefficient (Wildman–Crippen LogP) is 3.23. The molecule has 3 aromatic rings. The molecular formula is C18H17ClN4O2. The van der Waals surface area contributed by atoms with Crippen molar-refractivity contribution in [3.8, 4) is 0 Å². The van der Waals surface area contributed by atoms with Gasteiger partial charge in [0.2, 0.25) is 5.65 Å². The summed E-state index contributed by atoms with van der Waals surface area (Å²) in [5, 5.41) is 0.485. The second-order valence-electron chi connectivity index (χ2n) is 5.93. The lowest BCUT2D eigenvalue weighted by molar-refractivity contribution is 0.0767. The Labute approximate surface area is 150 Å². The number of hydrogen-bond acceptors (Lipinski definition) is 5. The van der Waals surface area contributed by atoms with Crippen molar-refractivity contribution in [2.24, 2.45) is 0 Å². The van der Waals surface area contributed by atoms with E-state index >= 15 is 0 Å². The number of benzene rings is 1. The number of nitrogens with zero attached hydrogens (tertiary/aromatic N) is 4. The number of halogens is 1. The Morgan fingerprint density at radius 1 is 1.08 bits per heavy atom. The minimum absolute atomic E-state index is 0.0355. The molecule has 7 heteroatoms. The number of amides is 1. The fourth-order valence-electron chi connectivity index (χ4n) is 3.01. The number of carbonyl (C=O) groups is 1. The van der Waals surface area contributed by atoms with Crippen molar-refractivity contribution in [1.82, 2.24) is 14.9 Å². The molecule has 128 valence electrons. The highest BCUT2D eigenvalue weighted by Gasteiger charge is 2.24. The van der Waals surface area contributed by atoms with Crippen molar-refractivity contribution < 1.29 is 9.21 Å². The highest BCUT2D eigenvalue weighted by atomic mass is 35.5.